The maximum absolute atomic E-state index is 4.50. The van der Waals surface area contributed by atoms with Crippen molar-refractivity contribution in [2.24, 2.45) is 0 Å². The number of rotatable bonds is 5. The predicted molar refractivity (Wildman–Crippen MR) is 77.1 cm³/mol. The van der Waals surface area contributed by atoms with Crippen LogP contribution >= 0.6 is 11.3 Å². The van der Waals surface area contributed by atoms with Gasteiger partial charge in [0.05, 0.1) is 12.2 Å². The Morgan fingerprint density at radius 2 is 2.00 bits per heavy atom. The predicted octanol–water partition coefficient (Wildman–Crippen LogP) is 3.11. The van der Waals surface area contributed by atoms with Crippen LogP contribution < -0.4 is 5.32 Å². The summed E-state index contributed by atoms with van der Waals surface area (Å²) in [5.74, 6) is 0. The van der Waals surface area contributed by atoms with E-state index in [0.29, 0.717) is 6.04 Å². The van der Waals surface area contributed by atoms with Crippen LogP contribution in [0.3, 0.4) is 0 Å². The molecule has 2 aromatic heterocycles. The van der Waals surface area contributed by atoms with Crippen molar-refractivity contribution in [2.75, 3.05) is 0 Å². The minimum atomic E-state index is 0.534. The summed E-state index contributed by atoms with van der Waals surface area (Å²) in [6, 6.07) is 7.07. The van der Waals surface area contributed by atoms with Crippen molar-refractivity contribution in [2.45, 2.75) is 46.8 Å². The van der Waals surface area contributed by atoms with Gasteiger partial charge in [0, 0.05) is 28.0 Å². The molecule has 0 saturated heterocycles. The lowest BCUT2D eigenvalue weighted by molar-refractivity contribution is 0.593. The van der Waals surface area contributed by atoms with E-state index in [0.717, 1.165) is 18.8 Å². The molecule has 2 heterocycles. The van der Waals surface area contributed by atoms with Crippen molar-refractivity contribution in [3.63, 3.8) is 0 Å². The third kappa shape index (κ3) is 3.43. The van der Waals surface area contributed by atoms with Crippen LogP contribution in [-0.4, -0.2) is 15.8 Å². The molecule has 3 nitrogen and oxygen atoms in total. The minimum Gasteiger partial charge on any atom is -0.310 e. The largest absolute Gasteiger partial charge is 0.310 e. The van der Waals surface area contributed by atoms with Crippen molar-refractivity contribution >= 4 is 11.3 Å². The van der Waals surface area contributed by atoms with Gasteiger partial charge in [-0.2, -0.15) is 5.10 Å². The molecule has 0 aliphatic carbocycles. The second-order valence-electron chi connectivity index (χ2n) is 4.99. The van der Waals surface area contributed by atoms with Gasteiger partial charge in [0.15, 0.2) is 0 Å². The third-order valence-electron chi connectivity index (χ3n) is 2.81. The molecule has 18 heavy (non-hydrogen) atoms. The highest BCUT2D eigenvalue weighted by molar-refractivity contribution is 7.11. The molecule has 0 bridgehead atoms. The van der Waals surface area contributed by atoms with E-state index in [1.54, 1.807) is 0 Å². The van der Waals surface area contributed by atoms with E-state index in [4.69, 9.17) is 0 Å². The Hall–Kier alpha value is -1.13. The Bertz CT molecular complexity index is 511. The summed E-state index contributed by atoms with van der Waals surface area (Å²) in [5.41, 5.74) is 2.31. The van der Waals surface area contributed by atoms with Crippen molar-refractivity contribution in [3.05, 3.63) is 39.3 Å². The van der Waals surface area contributed by atoms with E-state index in [1.807, 2.05) is 18.3 Å². The number of hydrogen-bond donors (Lipinski definition) is 1. The Balaban J connectivity index is 2.00. The fraction of sp³-hybridized carbons (Fsp3) is 0.500. The van der Waals surface area contributed by atoms with Crippen molar-refractivity contribution in [1.29, 1.82) is 0 Å². The molecular formula is C14H21N3S. The summed E-state index contributed by atoms with van der Waals surface area (Å²) in [6.45, 7) is 10.3. The van der Waals surface area contributed by atoms with E-state index in [2.05, 4.69) is 54.1 Å². The zero-order valence-electron chi connectivity index (χ0n) is 11.5. The Labute approximate surface area is 113 Å². The molecule has 4 heteroatoms. The Kier molecular flexibility index (Phi) is 4.19. The van der Waals surface area contributed by atoms with E-state index < -0.39 is 0 Å². The standard InChI is InChI=1S/C14H21N3S/c1-10(2)15-8-13-5-6-14(18-13)9-17-12(4)7-11(3)16-17/h5-7,10,15H,8-9H2,1-4H3. The molecule has 0 aliphatic heterocycles. The normalized spacial score (nSPS) is 11.4. The number of hydrogen-bond acceptors (Lipinski definition) is 3. The summed E-state index contributed by atoms with van der Waals surface area (Å²) in [4.78, 5) is 2.75. The summed E-state index contributed by atoms with van der Waals surface area (Å²) < 4.78 is 2.07. The van der Waals surface area contributed by atoms with Gasteiger partial charge in [0.25, 0.3) is 0 Å². The first-order valence-corrected chi connectivity index (χ1v) is 7.18. The lowest BCUT2D eigenvalue weighted by atomic mass is 10.3. The second-order valence-corrected chi connectivity index (χ2v) is 6.24. The smallest absolute Gasteiger partial charge is 0.0755 e. The van der Waals surface area contributed by atoms with Crippen LogP contribution in [0.2, 0.25) is 0 Å². The average Bonchev–Trinajstić information content (AvgIpc) is 2.84. The fourth-order valence-corrected chi connectivity index (χ4v) is 2.84. The highest BCUT2D eigenvalue weighted by Crippen LogP contribution is 2.18. The van der Waals surface area contributed by atoms with Crippen LogP contribution in [0.15, 0.2) is 18.2 Å². The number of nitrogens with zero attached hydrogens (tertiary/aromatic N) is 2. The van der Waals surface area contributed by atoms with E-state index in [1.165, 1.54) is 15.4 Å². The van der Waals surface area contributed by atoms with Gasteiger partial charge in [-0.15, -0.1) is 11.3 Å². The number of aromatic nitrogens is 2. The third-order valence-corrected chi connectivity index (χ3v) is 3.88. The van der Waals surface area contributed by atoms with E-state index in [9.17, 15) is 0 Å². The lowest BCUT2D eigenvalue weighted by Gasteiger charge is -2.05. The molecule has 0 radical (unpaired) electrons. The highest BCUT2D eigenvalue weighted by Gasteiger charge is 2.05. The lowest BCUT2D eigenvalue weighted by Crippen LogP contribution is -2.21. The van der Waals surface area contributed by atoms with Gasteiger partial charge < -0.3 is 5.32 Å². The van der Waals surface area contributed by atoms with Crippen LogP contribution in [0.25, 0.3) is 0 Å². The number of aryl methyl sites for hydroxylation is 2. The van der Waals surface area contributed by atoms with Crippen LogP contribution in [0, 0.1) is 13.8 Å². The molecule has 0 aliphatic rings. The molecule has 1 N–H and O–H groups in total. The van der Waals surface area contributed by atoms with Crippen molar-refractivity contribution in [3.8, 4) is 0 Å². The number of thiophene rings is 1. The van der Waals surface area contributed by atoms with Crippen molar-refractivity contribution < 1.29 is 0 Å². The molecule has 2 rings (SSSR count). The van der Waals surface area contributed by atoms with Crippen LogP contribution in [0.5, 0.6) is 0 Å². The molecule has 0 spiro atoms. The first kappa shape index (κ1) is 13.3. The molecular weight excluding hydrogens is 242 g/mol. The Morgan fingerprint density at radius 3 is 2.61 bits per heavy atom. The van der Waals surface area contributed by atoms with Gasteiger partial charge in [-0.25, -0.2) is 0 Å². The fourth-order valence-electron chi connectivity index (χ4n) is 1.89. The maximum atomic E-state index is 4.50. The van der Waals surface area contributed by atoms with Gasteiger partial charge in [-0.3, -0.25) is 4.68 Å². The van der Waals surface area contributed by atoms with Crippen molar-refractivity contribution in [1.82, 2.24) is 15.1 Å². The zero-order chi connectivity index (χ0) is 13.1. The highest BCUT2D eigenvalue weighted by atomic mass is 32.1. The van der Waals surface area contributed by atoms with Gasteiger partial charge in [-0.1, -0.05) is 13.8 Å². The zero-order valence-corrected chi connectivity index (χ0v) is 12.3. The van der Waals surface area contributed by atoms with E-state index >= 15 is 0 Å². The Morgan fingerprint density at radius 1 is 1.28 bits per heavy atom. The first-order chi connectivity index (χ1) is 8.54. The molecule has 0 aromatic carbocycles. The average molecular weight is 263 g/mol. The monoisotopic (exact) mass is 263 g/mol. The van der Waals surface area contributed by atoms with Gasteiger partial charge in [0.1, 0.15) is 0 Å². The molecule has 0 amide bonds. The van der Waals surface area contributed by atoms with Crippen LogP contribution in [0.1, 0.15) is 35.0 Å². The second kappa shape index (κ2) is 5.67. The van der Waals surface area contributed by atoms with Crippen LogP contribution in [0.4, 0.5) is 0 Å². The summed E-state index contributed by atoms with van der Waals surface area (Å²) in [6.07, 6.45) is 0. The van der Waals surface area contributed by atoms with Gasteiger partial charge in [0.2, 0.25) is 0 Å². The quantitative estimate of drug-likeness (QED) is 0.898. The first-order valence-electron chi connectivity index (χ1n) is 6.36. The molecule has 0 saturated carbocycles. The minimum absolute atomic E-state index is 0.534. The molecule has 0 atom stereocenters. The summed E-state index contributed by atoms with van der Waals surface area (Å²) in [5, 5.41) is 7.94. The van der Waals surface area contributed by atoms with Crippen LogP contribution in [-0.2, 0) is 13.1 Å². The van der Waals surface area contributed by atoms with Gasteiger partial charge >= 0.3 is 0 Å². The molecule has 0 fully saturated rings. The molecule has 2 aromatic rings. The summed E-state index contributed by atoms with van der Waals surface area (Å²) >= 11 is 1.86. The maximum Gasteiger partial charge on any atom is 0.0755 e. The molecule has 0 unspecified atom stereocenters. The topological polar surface area (TPSA) is 29.9 Å². The van der Waals surface area contributed by atoms with E-state index in [-0.39, 0.29) is 0 Å². The number of nitrogens with one attached hydrogen (secondary N) is 1. The van der Waals surface area contributed by atoms with Gasteiger partial charge in [-0.05, 0) is 32.0 Å². The SMILES string of the molecule is Cc1cc(C)n(Cc2ccc(CNC(C)C)s2)n1. The molecule has 98 valence electrons. The summed E-state index contributed by atoms with van der Waals surface area (Å²) in [7, 11) is 0.